The Morgan fingerprint density at radius 2 is 1.68 bits per heavy atom. The molecule has 4 aromatic rings. The Morgan fingerprint density at radius 1 is 0.864 bits per heavy atom. The molecule has 2 nitrogen and oxygen atoms in total. The van der Waals surface area contributed by atoms with Crippen LogP contribution in [0.3, 0.4) is 0 Å². The Kier molecular flexibility index (Phi) is 3.41. The normalized spacial score (nSPS) is 11.2. The molecule has 0 N–H and O–H groups in total. The summed E-state index contributed by atoms with van der Waals surface area (Å²) in [5.74, 6) is 1.41. The molecule has 0 aliphatic carbocycles. The molecule has 0 saturated heterocycles. The lowest BCUT2D eigenvalue weighted by atomic mass is 10.2. The molecule has 0 saturated carbocycles. The van der Waals surface area contributed by atoms with Gasteiger partial charge in [0.1, 0.15) is 5.76 Å². The number of rotatable bonds is 2. The molecule has 108 valence electrons. The average Bonchev–Trinajstić information content (AvgIpc) is 3.16. The van der Waals surface area contributed by atoms with Crippen LogP contribution in [0.15, 0.2) is 59.0 Å². The van der Waals surface area contributed by atoms with Gasteiger partial charge in [0, 0.05) is 5.56 Å². The van der Waals surface area contributed by atoms with Crippen molar-refractivity contribution in [2.24, 2.45) is 0 Å². The SMILES string of the molecule is Clc1cccc(-c2ccc(-c3nc4ccccc4s3)o2)c1Cl. The van der Waals surface area contributed by atoms with E-state index in [9.17, 15) is 0 Å². The van der Waals surface area contributed by atoms with Crippen LogP contribution in [0, 0.1) is 0 Å². The van der Waals surface area contributed by atoms with Crippen LogP contribution in [-0.4, -0.2) is 4.98 Å². The standard InChI is InChI=1S/C17H9Cl2NOS/c18-11-5-3-4-10(16(11)19)13-8-9-14(21-13)17-20-12-6-1-2-7-15(12)22-17/h1-9H. The number of benzene rings is 2. The van der Waals surface area contributed by atoms with Gasteiger partial charge in [-0.05, 0) is 36.4 Å². The summed E-state index contributed by atoms with van der Waals surface area (Å²) in [6.45, 7) is 0. The van der Waals surface area contributed by atoms with Gasteiger partial charge >= 0.3 is 0 Å². The number of thiazole rings is 1. The highest BCUT2D eigenvalue weighted by Gasteiger charge is 2.14. The molecule has 0 bridgehead atoms. The Balaban J connectivity index is 1.79. The highest BCUT2D eigenvalue weighted by atomic mass is 35.5. The van der Waals surface area contributed by atoms with E-state index in [0.717, 1.165) is 26.5 Å². The van der Waals surface area contributed by atoms with Crippen LogP contribution in [0.2, 0.25) is 10.0 Å². The van der Waals surface area contributed by atoms with E-state index in [1.54, 1.807) is 17.4 Å². The van der Waals surface area contributed by atoms with Crippen molar-refractivity contribution in [3.05, 3.63) is 64.6 Å². The predicted octanol–water partition coefficient (Wildman–Crippen LogP) is 6.53. The smallest absolute Gasteiger partial charge is 0.163 e. The molecule has 5 heteroatoms. The van der Waals surface area contributed by atoms with Crippen LogP contribution in [0.4, 0.5) is 0 Å². The van der Waals surface area contributed by atoms with Gasteiger partial charge in [0.15, 0.2) is 10.8 Å². The van der Waals surface area contributed by atoms with Gasteiger partial charge < -0.3 is 4.42 Å². The fourth-order valence-corrected chi connectivity index (χ4v) is 3.59. The van der Waals surface area contributed by atoms with Crippen molar-refractivity contribution < 1.29 is 4.42 Å². The van der Waals surface area contributed by atoms with E-state index in [1.165, 1.54) is 0 Å². The molecule has 0 aliphatic rings. The minimum atomic E-state index is 0.495. The van der Waals surface area contributed by atoms with Gasteiger partial charge in [-0.15, -0.1) is 11.3 Å². The van der Waals surface area contributed by atoms with Crippen molar-refractivity contribution in [2.45, 2.75) is 0 Å². The van der Waals surface area contributed by atoms with E-state index >= 15 is 0 Å². The first-order valence-corrected chi connectivity index (χ1v) is 8.20. The Hall–Kier alpha value is -1.81. The highest BCUT2D eigenvalue weighted by molar-refractivity contribution is 7.21. The second kappa shape index (κ2) is 5.43. The van der Waals surface area contributed by atoms with Crippen LogP contribution < -0.4 is 0 Å². The number of hydrogen-bond donors (Lipinski definition) is 0. The Morgan fingerprint density at radius 3 is 2.55 bits per heavy atom. The monoisotopic (exact) mass is 345 g/mol. The average molecular weight is 346 g/mol. The summed E-state index contributed by atoms with van der Waals surface area (Å²) < 4.78 is 7.06. The molecule has 0 aliphatic heterocycles. The molecule has 0 unspecified atom stereocenters. The molecular weight excluding hydrogens is 337 g/mol. The molecule has 0 atom stereocenters. The summed E-state index contributed by atoms with van der Waals surface area (Å²) in [5, 5.41) is 1.86. The van der Waals surface area contributed by atoms with Gasteiger partial charge in [-0.3, -0.25) is 0 Å². The minimum Gasteiger partial charge on any atom is -0.454 e. The number of aromatic nitrogens is 1. The van der Waals surface area contributed by atoms with Crippen LogP contribution >= 0.6 is 34.5 Å². The lowest BCUT2D eigenvalue weighted by Gasteiger charge is -2.01. The predicted molar refractivity (Wildman–Crippen MR) is 92.8 cm³/mol. The molecule has 2 aromatic carbocycles. The first-order chi connectivity index (χ1) is 10.7. The zero-order valence-electron chi connectivity index (χ0n) is 11.2. The molecule has 2 aromatic heterocycles. The zero-order chi connectivity index (χ0) is 15.1. The molecule has 0 spiro atoms. The highest BCUT2D eigenvalue weighted by Crippen LogP contribution is 2.37. The van der Waals surface area contributed by atoms with E-state index in [-0.39, 0.29) is 0 Å². The number of furan rings is 1. The first-order valence-electron chi connectivity index (χ1n) is 6.62. The largest absolute Gasteiger partial charge is 0.454 e. The fraction of sp³-hybridized carbons (Fsp3) is 0. The third-order valence-corrected chi connectivity index (χ3v) is 5.20. The van der Waals surface area contributed by atoms with E-state index in [4.69, 9.17) is 27.6 Å². The van der Waals surface area contributed by atoms with E-state index in [0.29, 0.717) is 15.8 Å². The molecule has 0 radical (unpaired) electrons. The quantitative estimate of drug-likeness (QED) is 0.412. The second-order valence-electron chi connectivity index (χ2n) is 4.75. The van der Waals surface area contributed by atoms with Gasteiger partial charge in [-0.25, -0.2) is 4.98 Å². The molecule has 4 rings (SSSR count). The number of nitrogens with zero attached hydrogens (tertiary/aromatic N) is 1. The van der Waals surface area contributed by atoms with Crippen molar-refractivity contribution in [2.75, 3.05) is 0 Å². The van der Waals surface area contributed by atoms with Crippen molar-refractivity contribution in [3.63, 3.8) is 0 Å². The maximum Gasteiger partial charge on any atom is 0.163 e. The van der Waals surface area contributed by atoms with Gasteiger partial charge in [-0.1, -0.05) is 41.4 Å². The number of halogens is 2. The number of para-hydroxylation sites is 1. The second-order valence-corrected chi connectivity index (χ2v) is 6.57. The summed E-state index contributed by atoms with van der Waals surface area (Å²) in [6, 6.07) is 17.3. The van der Waals surface area contributed by atoms with Crippen LogP contribution in [0.1, 0.15) is 0 Å². The van der Waals surface area contributed by atoms with Crippen molar-refractivity contribution in [3.8, 4) is 22.1 Å². The van der Waals surface area contributed by atoms with Crippen LogP contribution in [0.5, 0.6) is 0 Å². The third kappa shape index (κ3) is 2.31. The number of fused-ring (bicyclic) bond motifs is 1. The molecular formula is C17H9Cl2NOS. The lowest BCUT2D eigenvalue weighted by Crippen LogP contribution is -1.77. The summed E-state index contributed by atoms with van der Waals surface area (Å²) in [7, 11) is 0. The van der Waals surface area contributed by atoms with Crippen molar-refractivity contribution in [1.82, 2.24) is 4.98 Å². The van der Waals surface area contributed by atoms with Crippen molar-refractivity contribution in [1.29, 1.82) is 0 Å². The fourth-order valence-electron chi connectivity index (χ4n) is 2.27. The lowest BCUT2D eigenvalue weighted by molar-refractivity contribution is 0.597. The number of hydrogen-bond acceptors (Lipinski definition) is 3. The summed E-state index contributed by atoms with van der Waals surface area (Å²) in [4.78, 5) is 4.60. The Bertz CT molecular complexity index is 941. The van der Waals surface area contributed by atoms with Crippen LogP contribution in [-0.2, 0) is 0 Å². The molecule has 22 heavy (non-hydrogen) atoms. The Labute approximate surface area is 140 Å². The van der Waals surface area contributed by atoms with E-state index < -0.39 is 0 Å². The van der Waals surface area contributed by atoms with Gasteiger partial charge in [0.25, 0.3) is 0 Å². The molecule has 2 heterocycles. The maximum atomic E-state index is 6.24. The first kappa shape index (κ1) is 13.8. The zero-order valence-corrected chi connectivity index (χ0v) is 13.5. The van der Waals surface area contributed by atoms with Crippen molar-refractivity contribution >= 4 is 44.8 Å². The maximum absolute atomic E-state index is 6.24. The van der Waals surface area contributed by atoms with Gasteiger partial charge in [-0.2, -0.15) is 0 Å². The van der Waals surface area contributed by atoms with E-state index in [2.05, 4.69) is 4.98 Å². The van der Waals surface area contributed by atoms with Gasteiger partial charge in [0.05, 0.1) is 20.3 Å². The topological polar surface area (TPSA) is 26.0 Å². The van der Waals surface area contributed by atoms with Gasteiger partial charge in [0.2, 0.25) is 0 Å². The third-order valence-electron chi connectivity index (χ3n) is 3.33. The van der Waals surface area contributed by atoms with E-state index in [1.807, 2.05) is 48.5 Å². The summed E-state index contributed by atoms with van der Waals surface area (Å²) in [5.41, 5.74) is 1.75. The summed E-state index contributed by atoms with van der Waals surface area (Å²) >= 11 is 13.9. The summed E-state index contributed by atoms with van der Waals surface area (Å²) in [6.07, 6.45) is 0. The van der Waals surface area contributed by atoms with Crippen LogP contribution in [0.25, 0.3) is 32.3 Å². The molecule has 0 fully saturated rings. The minimum absolute atomic E-state index is 0.495. The molecule has 0 amide bonds.